The zero-order valence-electron chi connectivity index (χ0n) is 18.2. The Balaban J connectivity index is 1.86. The van der Waals surface area contributed by atoms with E-state index in [2.05, 4.69) is 20.6 Å². The van der Waals surface area contributed by atoms with Gasteiger partial charge in [0.05, 0.1) is 24.5 Å². The Bertz CT molecular complexity index is 1010. The Labute approximate surface area is 186 Å². The molecule has 0 aliphatic heterocycles. The van der Waals surface area contributed by atoms with Crippen LogP contribution in [-0.2, 0) is 4.74 Å². The van der Waals surface area contributed by atoms with E-state index in [1.165, 1.54) is 10.8 Å². The number of rotatable bonds is 9. The smallest absolute Gasteiger partial charge is 0.407 e. The summed E-state index contributed by atoms with van der Waals surface area (Å²) in [5.74, 6) is 0.851. The fourth-order valence-electron chi connectivity index (χ4n) is 3.31. The van der Waals surface area contributed by atoms with Crippen molar-refractivity contribution in [1.29, 1.82) is 0 Å². The Morgan fingerprint density at radius 2 is 2.10 bits per heavy atom. The molecule has 0 spiro atoms. The number of methoxy groups -OCH3 is 1. The van der Waals surface area contributed by atoms with E-state index in [-0.39, 0.29) is 35.1 Å². The molecule has 3 rings (SSSR count). The van der Waals surface area contributed by atoms with Crippen LogP contribution in [0.1, 0.15) is 43.5 Å². The molecule has 1 aliphatic carbocycles. The van der Waals surface area contributed by atoms with Crippen LogP contribution in [0.2, 0.25) is 5.15 Å². The van der Waals surface area contributed by atoms with Crippen LogP contribution in [0, 0.1) is 19.8 Å². The van der Waals surface area contributed by atoms with Gasteiger partial charge in [0.2, 0.25) is 5.88 Å². The fourth-order valence-corrected chi connectivity index (χ4v) is 3.50. The lowest BCUT2D eigenvalue weighted by Crippen LogP contribution is -2.33. The summed E-state index contributed by atoms with van der Waals surface area (Å²) in [4.78, 5) is 33.7. The lowest BCUT2D eigenvalue weighted by Gasteiger charge is -2.21. The zero-order chi connectivity index (χ0) is 22.5. The number of anilines is 2. The summed E-state index contributed by atoms with van der Waals surface area (Å²) >= 11 is 6.24. The van der Waals surface area contributed by atoms with Gasteiger partial charge >= 0.3 is 6.09 Å². The number of amides is 1. The van der Waals surface area contributed by atoms with Gasteiger partial charge in [-0.25, -0.2) is 14.8 Å². The standard InChI is InChI=1S/C21H28ClN5O4/c1-5-8-23-21(29)31-11-16(14-6-7-14)27-10-17(22)26-18(20(27)28)25-15-9-12(2)19(30-4)24-13(15)3/h9-10,14,16H,5-8,11H2,1-4H3,(H,23,29)(H,25,26)/t16-/m1/s1. The lowest BCUT2D eigenvalue weighted by atomic mass is 10.2. The summed E-state index contributed by atoms with van der Waals surface area (Å²) in [7, 11) is 1.56. The van der Waals surface area contributed by atoms with E-state index in [0.717, 1.165) is 24.8 Å². The molecule has 1 amide bonds. The van der Waals surface area contributed by atoms with E-state index >= 15 is 0 Å². The largest absolute Gasteiger partial charge is 0.481 e. The molecule has 2 aromatic rings. The molecule has 1 fully saturated rings. The molecule has 0 bridgehead atoms. The Kier molecular flexibility index (Phi) is 7.37. The van der Waals surface area contributed by atoms with E-state index < -0.39 is 6.09 Å². The molecule has 10 heteroatoms. The monoisotopic (exact) mass is 449 g/mol. The molecule has 1 aliphatic rings. The van der Waals surface area contributed by atoms with E-state index in [0.29, 0.717) is 23.8 Å². The highest BCUT2D eigenvalue weighted by atomic mass is 35.5. The van der Waals surface area contributed by atoms with Crippen LogP contribution in [0.15, 0.2) is 17.1 Å². The van der Waals surface area contributed by atoms with Crippen LogP contribution in [0.25, 0.3) is 0 Å². The minimum absolute atomic E-state index is 0.0854. The third kappa shape index (κ3) is 5.66. The lowest BCUT2D eigenvalue weighted by molar-refractivity contribution is 0.122. The number of aryl methyl sites for hydroxylation is 2. The summed E-state index contributed by atoms with van der Waals surface area (Å²) < 4.78 is 12.1. The van der Waals surface area contributed by atoms with Crippen LogP contribution in [0.5, 0.6) is 5.88 Å². The molecule has 2 aromatic heterocycles. The summed E-state index contributed by atoms with van der Waals surface area (Å²) in [6.45, 7) is 6.26. The van der Waals surface area contributed by atoms with Crippen LogP contribution < -0.4 is 20.9 Å². The van der Waals surface area contributed by atoms with Crippen molar-refractivity contribution < 1.29 is 14.3 Å². The van der Waals surface area contributed by atoms with Crippen molar-refractivity contribution in [2.45, 2.75) is 46.1 Å². The Morgan fingerprint density at radius 1 is 1.35 bits per heavy atom. The normalized spacial score (nSPS) is 14.1. The first kappa shape index (κ1) is 22.9. The van der Waals surface area contributed by atoms with E-state index in [9.17, 15) is 9.59 Å². The Hall–Kier alpha value is -2.81. The molecule has 1 saturated carbocycles. The number of ether oxygens (including phenoxy) is 2. The number of alkyl carbamates (subject to hydrolysis) is 1. The molecule has 0 unspecified atom stereocenters. The molecule has 31 heavy (non-hydrogen) atoms. The predicted octanol–water partition coefficient (Wildman–Crippen LogP) is 3.75. The minimum Gasteiger partial charge on any atom is -0.481 e. The molecule has 168 valence electrons. The first-order valence-electron chi connectivity index (χ1n) is 10.3. The SMILES string of the molecule is CCCNC(=O)OC[C@H](C1CC1)n1cc(Cl)nc(Nc2cc(C)c(OC)nc2C)c1=O. The average Bonchev–Trinajstić information content (AvgIpc) is 3.57. The number of halogens is 1. The minimum atomic E-state index is -0.491. The van der Waals surface area contributed by atoms with Gasteiger partial charge in [-0.1, -0.05) is 18.5 Å². The summed E-state index contributed by atoms with van der Waals surface area (Å²) in [6.07, 6.45) is 3.74. The molecular weight excluding hydrogens is 422 g/mol. The number of nitrogens with zero attached hydrogens (tertiary/aromatic N) is 3. The van der Waals surface area contributed by atoms with Gasteiger partial charge < -0.3 is 24.7 Å². The third-order valence-corrected chi connectivity index (χ3v) is 5.32. The second-order valence-corrected chi connectivity index (χ2v) is 8.01. The average molecular weight is 450 g/mol. The van der Waals surface area contributed by atoms with Crippen molar-refractivity contribution in [2.24, 2.45) is 5.92 Å². The molecule has 2 heterocycles. The fraction of sp³-hybridized carbons (Fsp3) is 0.524. The summed E-state index contributed by atoms with van der Waals surface area (Å²) in [5, 5.41) is 5.89. The maximum Gasteiger partial charge on any atom is 0.407 e. The molecular formula is C21H28ClN5O4. The number of nitrogens with one attached hydrogen (secondary N) is 2. The van der Waals surface area contributed by atoms with E-state index in [1.54, 1.807) is 7.11 Å². The van der Waals surface area contributed by atoms with Gasteiger partial charge in [0.1, 0.15) is 11.8 Å². The van der Waals surface area contributed by atoms with E-state index in [1.807, 2.05) is 26.8 Å². The van der Waals surface area contributed by atoms with Crippen molar-refractivity contribution in [3.63, 3.8) is 0 Å². The third-order valence-electron chi connectivity index (χ3n) is 5.13. The highest BCUT2D eigenvalue weighted by Crippen LogP contribution is 2.39. The van der Waals surface area contributed by atoms with Crippen LogP contribution in [-0.4, -0.2) is 40.9 Å². The van der Waals surface area contributed by atoms with Gasteiger partial charge in [0, 0.05) is 18.3 Å². The first-order valence-corrected chi connectivity index (χ1v) is 10.7. The molecule has 0 saturated heterocycles. The first-order chi connectivity index (χ1) is 14.8. The van der Waals surface area contributed by atoms with Gasteiger partial charge in [-0.05, 0) is 45.1 Å². The summed E-state index contributed by atoms with van der Waals surface area (Å²) in [5.41, 5.74) is 1.77. The molecule has 2 N–H and O–H groups in total. The van der Waals surface area contributed by atoms with Crippen molar-refractivity contribution in [3.8, 4) is 5.88 Å². The predicted molar refractivity (Wildman–Crippen MR) is 118 cm³/mol. The van der Waals surface area contributed by atoms with Crippen LogP contribution >= 0.6 is 11.6 Å². The number of carbonyl (C=O) groups excluding carboxylic acids is 1. The number of aromatic nitrogens is 3. The molecule has 0 aromatic carbocycles. The van der Waals surface area contributed by atoms with Gasteiger partial charge in [-0.2, -0.15) is 0 Å². The second-order valence-electron chi connectivity index (χ2n) is 7.63. The van der Waals surface area contributed by atoms with Gasteiger partial charge in [0.15, 0.2) is 5.82 Å². The van der Waals surface area contributed by atoms with Crippen LogP contribution in [0.3, 0.4) is 0 Å². The zero-order valence-corrected chi connectivity index (χ0v) is 19.0. The maximum atomic E-state index is 13.2. The van der Waals surface area contributed by atoms with Gasteiger partial charge in [-0.15, -0.1) is 0 Å². The molecule has 1 atom stereocenters. The van der Waals surface area contributed by atoms with Gasteiger partial charge in [-0.3, -0.25) is 4.79 Å². The number of hydrogen-bond acceptors (Lipinski definition) is 7. The van der Waals surface area contributed by atoms with Crippen molar-refractivity contribution >= 4 is 29.2 Å². The van der Waals surface area contributed by atoms with Crippen molar-refractivity contribution in [3.05, 3.63) is 39.0 Å². The maximum absolute atomic E-state index is 13.2. The van der Waals surface area contributed by atoms with E-state index in [4.69, 9.17) is 21.1 Å². The molecule has 0 radical (unpaired) electrons. The second kappa shape index (κ2) is 10.00. The highest BCUT2D eigenvalue weighted by molar-refractivity contribution is 6.29. The quantitative estimate of drug-likeness (QED) is 0.600. The highest BCUT2D eigenvalue weighted by Gasteiger charge is 2.35. The molecule has 9 nitrogen and oxygen atoms in total. The van der Waals surface area contributed by atoms with Gasteiger partial charge in [0.25, 0.3) is 5.56 Å². The topological polar surface area (TPSA) is 107 Å². The number of pyridine rings is 1. The number of hydrogen-bond donors (Lipinski definition) is 2. The number of carbonyl (C=O) groups is 1. The summed E-state index contributed by atoms with van der Waals surface area (Å²) in [6, 6.07) is 1.53. The Morgan fingerprint density at radius 3 is 2.74 bits per heavy atom. The van der Waals surface area contributed by atoms with Crippen LogP contribution in [0.4, 0.5) is 16.3 Å². The van der Waals surface area contributed by atoms with Crippen molar-refractivity contribution in [2.75, 3.05) is 25.6 Å². The van der Waals surface area contributed by atoms with Crippen molar-refractivity contribution in [1.82, 2.24) is 19.9 Å².